The van der Waals surface area contributed by atoms with Crippen molar-refractivity contribution in [2.24, 2.45) is 0 Å². The largest absolute Gasteiger partial charge is 0.480 e. The highest BCUT2D eigenvalue weighted by Crippen LogP contribution is 2.08. The van der Waals surface area contributed by atoms with Crippen LogP contribution in [0.25, 0.3) is 0 Å². The van der Waals surface area contributed by atoms with Crippen molar-refractivity contribution in [3.05, 3.63) is 0 Å². The van der Waals surface area contributed by atoms with Crippen LogP contribution in [0.1, 0.15) is 20.8 Å². The molecule has 5 nitrogen and oxygen atoms in total. The van der Waals surface area contributed by atoms with E-state index in [1.807, 2.05) is 25.7 Å². The van der Waals surface area contributed by atoms with Crippen molar-refractivity contribution in [1.29, 1.82) is 0 Å². The van der Waals surface area contributed by atoms with Gasteiger partial charge in [0, 0.05) is 26.2 Å². The molecule has 0 radical (unpaired) electrons. The van der Waals surface area contributed by atoms with Crippen LogP contribution in [-0.2, 0) is 9.53 Å². The van der Waals surface area contributed by atoms with Gasteiger partial charge in [-0.2, -0.15) is 0 Å². The van der Waals surface area contributed by atoms with E-state index < -0.39 is 12.0 Å². The predicted molar refractivity (Wildman–Crippen MR) is 61.6 cm³/mol. The van der Waals surface area contributed by atoms with E-state index in [4.69, 9.17) is 9.84 Å². The summed E-state index contributed by atoms with van der Waals surface area (Å²) in [6.07, 6.45) is 0. The van der Waals surface area contributed by atoms with Gasteiger partial charge in [0.1, 0.15) is 6.04 Å². The number of nitrogens with one attached hydrogen (secondary N) is 1. The van der Waals surface area contributed by atoms with E-state index in [0.717, 1.165) is 13.1 Å². The number of piperazine rings is 1. The van der Waals surface area contributed by atoms with Crippen LogP contribution in [0.2, 0.25) is 0 Å². The second-order valence-electron chi connectivity index (χ2n) is 5.05. The first-order valence-electron chi connectivity index (χ1n) is 5.72. The lowest BCUT2D eigenvalue weighted by molar-refractivity contribution is -0.144. The number of ether oxygens (including phenoxy) is 1. The van der Waals surface area contributed by atoms with Gasteiger partial charge in [0.2, 0.25) is 0 Å². The molecule has 2 N–H and O–H groups in total. The van der Waals surface area contributed by atoms with Gasteiger partial charge in [-0.05, 0) is 20.8 Å². The summed E-state index contributed by atoms with van der Waals surface area (Å²) in [4.78, 5) is 13.0. The Hall–Kier alpha value is -0.650. The summed E-state index contributed by atoms with van der Waals surface area (Å²) in [7, 11) is 0. The molecule has 1 aliphatic heterocycles. The molecule has 0 saturated carbocycles. The lowest BCUT2D eigenvalue weighted by atomic mass is 10.2. The molecular weight excluding hydrogens is 208 g/mol. The Morgan fingerprint density at radius 3 is 2.81 bits per heavy atom. The quantitative estimate of drug-likeness (QED) is 0.720. The van der Waals surface area contributed by atoms with Gasteiger partial charge >= 0.3 is 5.97 Å². The summed E-state index contributed by atoms with van der Waals surface area (Å²) in [5.41, 5.74) is -0.160. The molecule has 1 aliphatic rings. The summed E-state index contributed by atoms with van der Waals surface area (Å²) in [6, 6.07) is -0.419. The lowest BCUT2D eigenvalue weighted by Crippen LogP contribution is -2.55. The molecule has 1 atom stereocenters. The molecule has 94 valence electrons. The Kier molecular flexibility index (Phi) is 4.70. The molecular formula is C11H22N2O3. The van der Waals surface area contributed by atoms with Crippen molar-refractivity contribution >= 4 is 5.97 Å². The van der Waals surface area contributed by atoms with Gasteiger partial charge in [-0.15, -0.1) is 0 Å². The summed E-state index contributed by atoms with van der Waals surface area (Å²) < 4.78 is 5.61. The zero-order valence-electron chi connectivity index (χ0n) is 10.3. The summed E-state index contributed by atoms with van der Waals surface area (Å²) >= 11 is 0. The Labute approximate surface area is 96.8 Å². The van der Waals surface area contributed by atoms with Crippen LogP contribution in [0, 0.1) is 0 Å². The Bertz CT molecular complexity index is 238. The van der Waals surface area contributed by atoms with Gasteiger partial charge in [0.15, 0.2) is 0 Å². The Morgan fingerprint density at radius 1 is 1.56 bits per heavy atom. The Morgan fingerprint density at radius 2 is 2.25 bits per heavy atom. The first kappa shape index (κ1) is 13.4. The van der Waals surface area contributed by atoms with E-state index >= 15 is 0 Å². The molecule has 0 bridgehead atoms. The number of hydrogen-bond acceptors (Lipinski definition) is 4. The lowest BCUT2D eigenvalue weighted by Gasteiger charge is -2.34. The summed E-state index contributed by atoms with van der Waals surface area (Å²) in [5, 5.41) is 12.1. The number of aliphatic carboxylic acids is 1. The first-order valence-corrected chi connectivity index (χ1v) is 5.72. The van der Waals surface area contributed by atoms with E-state index in [1.54, 1.807) is 0 Å². The van der Waals surface area contributed by atoms with Crippen LogP contribution in [0.3, 0.4) is 0 Å². The predicted octanol–water partition coefficient (Wildman–Crippen LogP) is 0.160. The third-order valence-corrected chi connectivity index (χ3v) is 2.55. The molecule has 0 spiro atoms. The molecule has 0 aliphatic carbocycles. The molecule has 0 aromatic carbocycles. The zero-order valence-corrected chi connectivity index (χ0v) is 10.3. The topological polar surface area (TPSA) is 61.8 Å². The minimum Gasteiger partial charge on any atom is -0.480 e. The van der Waals surface area contributed by atoms with E-state index in [0.29, 0.717) is 19.7 Å². The Balaban J connectivity index is 2.36. The molecule has 1 rings (SSSR count). The van der Waals surface area contributed by atoms with Crippen molar-refractivity contribution < 1.29 is 14.6 Å². The minimum atomic E-state index is -0.761. The SMILES string of the molecule is CC(C)(C)OCCN1CCNCC1C(=O)O. The average Bonchev–Trinajstić information content (AvgIpc) is 2.16. The molecule has 0 aromatic rings. The van der Waals surface area contributed by atoms with Crippen LogP contribution < -0.4 is 5.32 Å². The number of nitrogens with zero attached hydrogens (tertiary/aromatic N) is 1. The molecule has 1 heterocycles. The van der Waals surface area contributed by atoms with Gasteiger partial charge in [0.25, 0.3) is 0 Å². The highest BCUT2D eigenvalue weighted by Gasteiger charge is 2.28. The molecule has 0 amide bonds. The molecule has 1 unspecified atom stereocenters. The minimum absolute atomic E-state index is 0.160. The third kappa shape index (κ3) is 4.47. The van der Waals surface area contributed by atoms with Gasteiger partial charge in [-0.3, -0.25) is 9.69 Å². The molecule has 0 aromatic heterocycles. The standard InChI is InChI=1S/C11H22N2O3/c1-11(2,3)16-7-6-13-5-4-12-8-9(13)10(14)15/h9,12H,4-8H2,1-3H3,(H,14,15). The fourth-order valence-corrected chi connectivity index (χ4v) is 1.73. The van der Waals surface area contributed by atoms with Gasteiger partial charge in [0.05, 0.1) is 12.2 Å². The number of rotatable bonds is 4. The molecule has 1 saturated heterocycles. The maximum atomic E-state index is 11.0. The van der Waals surface area contributed by atoms with E-state index in [2.05, 4.69) is 5.32 Å². The van der Waals surface area contributed by atoms with Crippen LogP contribution in [0.4, 0.5) is 0 Å². The van der Waals surface area contributed by atoms with Gasteiger partial charge in [-0.25, -0.2) is 0 Å². The number of carboxylic acid groups (broad SMARTS) is 1. The summed E-state index contributed by atoms with van der Waals surface area (Å²) in [5.74, 6) is -0.761. The van der Waals surface area contributed by atoms with Crippen molar-refractivity contribution in [2.75, 3.05) is 32.8 Å². The molecule has 5 heteroatoms. The maximum Gasteiger partial charge on any atom is 0.322 e. The molecule has 1 fully saturated rings. The van der Waals surface area contributed by atoms with Crippen LogP contribution in [0.15, 0.2) is 0 Å². The summed E-state index contributed by atoms with van der Waals surface area (Å²) in [6.45, 7) is 9.39. The zero-order chi connectivity index (χ0) is 12.2. The van der Waals surface area contributed by atoms with Gasteiger partial charge < -0.3 is 15.2 Å². The van der Waals surface area contributed by atoms with Crippen molar-refractivity contribution in [3.63, 3.8) is 0 Å². The monoisotopic (exact) mass is 230 g/mol. The molecule has 16 heavy (non-hydrogen) atoms. The van der Waals surface area contributed by atoms with E-state index in [1.165, 1.54) is 0 Å². The number of carbonyl (C=O) groups is 1. The van der Waals surface area contributed by atoms with Crippen LogP contribution in [-0.4, -0.2) is 60.4 Å². The fraction of sp³-hybridized carbons (Fsp3) is 0.909. The second kappa shape index (κ2) is 5.61. The second-order valence-corrected chi connectivity index (χ2v) is 5.05. The van der Waals surface area contributed by atoms with E-state index in [9.17, 15) is 4.79 Å². The highest BCUT2D eigenvalue weighted by molar-refractivity contribution is 5.73. The van der Waals surface area contributed by atoms with Crippen molar-refractivity contribution in [2.45, 2.75) is 32.4 Å². The van der Waals surface area contributed by atoms with Crippen LogP contribution in [0.5, 0.6) is 0 Å². The number of carboxylic acids is 1. The highest BCUT2D eigenvalue weighted by atomic mass is 16.5. The van der Waals surface area contributed by atoms with Crippen LogP contribution >= 0.6 is 0 Å². The number of hydrogen-bond donors (Lipinski definition) is 2. The van der Waals surface area contributed by atoms with E-state index in [-0.39, 0.29) is 5.60 Å². The fourth-order valence-electron chi connectivity index (χ4n) is 1.73. The third-order valence-electron chi connectivity index (χ3n) is 2.55. The normalized spacial score (nSPS) is 23.3. The smallest absolute Gasteiger partial charge is 0.322 e. The average molecular weight is 230 g/mol. The van der Waals surface area contributed by atoms with Gasteiger partial charge in [-0.1, -0.05) is 0 Å². The van der Waals surface area contributed by atoms with Crippen molar-refractivity contribution in [3.8, 4) is 0 Å². The first-order chi connectivity index (χ1) is 7.40. The van der Waals surface area contributed by atoms with Crippen molar-refractivity contribution in [1.82, 2.24) is 10.2 Å². The maximum absolute atomic E-state index is 11.0.